The van der Waals surface area contributed by atoms with Crippen molar-refractivity contribution in [3.8, 4) is 11.1 Å². The third kappa shape index (κ3) is 4.07. The second kappa shape index (κ2) is 7.76. The standard InChI is InChI=1S/C20H26N2O3S/c1-15-13-16(14-22(2)20(15)23)18-9-5-6-10-19(18)26(24,25)12-11-21-17-7-3-4-8-17/h5-6,9-10,13-14,17,21H,3-4,7-8,11-12H2,1-2H3. The summed E-state index contributed by atoms with van der Waals surface area (Å²) in [7, 11) is -1.73. The third-order valence-electron chi connectivity index (χ3n) is 5.05. The fourth-order valence-electron chi connectivity index (χ4n) is 3.64. The molecule has 1 aromatic heterocycles. The highest BCUT2D eigenvalue weighted by molar-refractivity contribution is 7.91. The van der Waals surface area contributed by atoms with Gasteiger partial charge in [-0.05, 0) is 37.5 Å². The van der Waals surface area contributed by atoms with Gasteiger partial charge < -0.3 is 9.88 Å². The Morgan fingerprint density at radius 2 is 1.88 bits per heavy atom. The first-order valence-corrected chi connectivity index (χ1v) is 10.8. The molecule has 0 unspecified atom stereocenters. The summed E-state index contributed by atoms with van der Waals surface area (Å²) in [5.41, 5.74) is 1.91. The SMILES string of the molecule is Cc1cc(-c2ccccc2S(=O)(=O)CCNC2CCCC2)cn(C)c1=O. The van der Waals surface area contributed by atoms with Gasteiger partial charge in [-0.15, -0.1) is 0 Å². The quantitative estimate of drug-likeness (QED) is 0.844. The summed E-state index contributed by atoms with van der Waals surface area (Å²) in [6, 6.07) is 9.23. The highest BCUT2D eigenvalue weighted by Gasteiger charge is 2.21. The minimum atomic E-state index is -3.42. The first kappa shape index (κ1) is 18.9. The average Bonchev–Trinajstić information content (AvgIpc) is 3.12. The molecule has 140 valence electrons. The molecule has 1 saturated carbocycles. The summed E-state index contributed by atoms with van der Waals surface area (Å²) in [6.07, 6.45) is 6.40. The zero-order valence-electron chi connectivity index (χ0n) is 15.4. The molecule has 1 aliphatic carbocycles. The molecule has 3 rings (SSSR count). The maximum absolute atomic E-state index is 12.9. The first-order chi connectivity index (χ1) is 12.4. The van der Waals surface area contributed by atoms with Gasteiger partial charge in [0.05, 0.1) is 10.6 Å². The molecule has 6 heteroatoms. The van der Waals surface area contributed by atoms with Crippen molar-refractivity contribution in [1.29, 1.82) is 0 Å². The minimum absolute atomic E-state index is 0.0742. The molecule has 1 N–H and O–H groups in total. The van der Waals surface area contributed by atoms with E-state index >= 15 is 0 Å². The Bertz CT molecular complexity index is 916. The second-order valence-corrected chi connectivity index (χ2v) is 9.16. The number of pyridine rings is 1. The molecule has 26 heavy (non-hydrogen) atoms. The number of sulfone groups is 1. The van der Waals surface area contributed by atoms with E-state index in [2.05, 4.69) is 5.32 Å². The van der Waals surface area contributed by atoms with Gasteiger partial charge in [-0.25, -0.2) is 8.42 Å². The number of rotatable bonds is 6. The van der Waals surface area contributed by atoms with E-state index in [0.29, 0.717) is 28.6 Å². The number of benzene rings is 1. The van der Waals surface area contributed by atoms with Gasteiger partial charge in [0.15, 0.2) is 9.84 Å². The summed E-state index contributed by atoms with van der Waals surface area (Å²) in [4.78, 5) is 12.3. The van der Waals surface area contributed by atoms with Gasteiger partial charge in [0.1, 0.15) is 0 Å². The lowest BCUT2D eigenvalue weighted by Crippen LogP contribution is -2.31. The Kier molecular flexibility index (Phi) is 5.63. The summed E-state index contributed by atoms with van der Waals surface area (Å²) in [5, 5.41) is 3.37. The van der Waals surface area contributed by atoms with E-state index in [4.69, 9.17) is 0 Å². The molecule has 1 aromatic carbocycles. The highest BCUT2D eigenvalue weighted by Crippen LogP contribution is 2.28. The van der Waals surface area contributed by atoms with E-state index < -0.39 is 9.84 Å². The lowest BCUT2D eigenvalue weighted by molar-refractivity contribution is 0.536. The van der Waals surface area contributed by atoms with Crippen LogP contribution in [0.15, 0.2) is 46.2 Å². The van der Waals surface area contributed by atoms with Gasteiger partial charge in [0.25, 0.3) is 5.56 Å². The molecule has 0 aliphatic heterocycles. The number of nitrogens with zero attached hydrogens (tertiary/aromatic N) is 1. The van der Waals surface area contributed by atoms with E-state index in [1.165, 1.54) is 17.4 Å². The van der Waals surface area contributed by atoms with E-state index in [1.807, 2.05) is 6.07 Å². The molecule has 5 nitrogen and oxygen atoms in total. The fraction of sp³-hybridized carbons (Fsp3) is 0.450. The van der Waals surface area contributed by atoms with Crippen LogP contribution in [0.4, 0.5) is 0 Å². The van der Waals surface area contributed by atoms with Crippen molar-refractivity contribution in [3.63, 3.8) is 0 Å². The van der Waals surface area contributed by atoms with Crippen LogP contribution in [0.25, 0.3) is 11.1 Å². The number of hydrogen-bond donors (Lipinski definition) is 1. The zero-order valence-corrected chi connectivity index (χ0v) is 16.2. The summed E-state index contributed by atoms with van der Waals surface area (Å²) in [5.74, 6) is 0.0747. The Morgan fingerprint density at radius 3 is 2.58 bits per heavy atom. The Morgan fingerprint density at radius 1 is 1.19 bits per heavy atom. The number of aryl methyl sites for hydroxylation is 2. The highest BCUT2D eigenvalue weighted by atomic mass is 32.2. The minimum Gasteiger partial charge on any atom is -0.318 e. The predicted molar refractivity (Wildman–Crippen MR) is 104 cm³/mol. The lowest BCUT2D eigenvalue weighted by Gasteiger charge is -2.14. The Balaban J connectivity index is 1.87. The average molecular weight is 375 g/mol. The van der Waals surface area contributed by atoms with Crippen LogP contribution < -0.4 is 10.9 Å². The van der Waals surface area contributed by atoms with E-state index in [0.717, 1.165) is 18.4 Å². The molecule has 0 atom stereocenters. The smallest absolute Gasteiger partial charge is 0.253 e. The summed E-state index contributed by atoms with van der Waals surface area (Å²) in [6.45, 7) is 2.21. The van der Waals surface area contributed by atoms with Crippen LogP contribution in [0.2, 0.25) is 0 Å². The van der Waals surface area contributed by atoms with Crippen molar-refractivity contribution in [2.45, 2.75) is 43.5 Å². The molecule has 2 aromatic rings. The van der Waals surface area contributed by atoms with Gasteiger partial charge in [-0.2, -0.15) is 0 Å². The van der Waals surface area contributed by atoms with Crippen molar-refractivity contribution in [3.05, 3.63) is 52.4 Å². The van der Waals surface area contributed by atoms with Gasteiger partial charge in [-0.3, -0.25) is 4.79 Å². The topological polar surface area (TPSA) is 68.2 Å². The van der Waals surface area contributed by atoms with Gasteiger partial charge in [-0.1, -0.05) is 31.0 Å². The molecule has 0 saturated heterocycles. The van der Waals surface area contributed by atoms with Gasteiger partial charge in [0, 0.05) is 37.0 Å². The van der Waals surface area contributed by atoms with Crippen molar-refractivity contribution in [1.82, 2.24) is 9.88 Å². The molecule has 1 heterocycles. The maximum Gasteiger partial charge on any atom is 0.253 e. The normalized spacial score (nSPS) is 15.5. The first-order valence-electron chi connectivity index (χ1n) is 9.11. The van der Waals surface area contributed by atoms with Crippen molar-refractivity contribution >= 4 is 9.84 Å². The molecule has 1 fully saturated rings. The zero-order chi connectivity index (χ0) is 18.7. The Labute approximate surface area is 155 Å². The Hall–Kier alpha value is -1.92. The van der Waals surface area contributed by atoms with Gasteiger partial charge >= 0.3 is 0 Å². The lowest BCUT2D eigenvalue weighted by atomic mass is 10.1. The number of hydrogen-bond acceptors (Lipinski definition) is 4. The van der Waals surface area contributed by atoms with Crippen LogP contribution in [0.5, 0.6) is 0 Å². The molecule has 0 bridgehead atoms. The molecule has 0 spiro atoms. The van der Waals surface area contributed by atoms with Crippen LogP contribution in [0.3, 0.4) is 0 Å². The largest absolute Gasteiger partial charge is 0.318 e. The monoisotopic (exact) mass is 374 g/mol. The van der Waals surface area contributed by atoms with Crippen LogP contribution in [0.1, 0.15) is 31.2 Å². The van der Waals surface area contributed by atoms with E-state index in [1.54, 1.807) is 44.4 Å². The molecule has 1 aliphatic rings. The second-order valence-electron chi connectivity index (χ2n) is 7.08. The summed E-state index contributed by atoms with van der Waals surface area (Å²) < 4.78 is 27.4. The molecular formula is C20H26N2O3S. The predicted octanol–water partition coefficient (Wildman–Crippen LogP) is 2.67. The van der Waals surface area contributed by atoms with Crippen LogP contribution >= 0.6 is 0 Å². The van der Waals surface area contributed by atoms with Crippen LogP contribution in [-0.2, 0) is 16.9 Å². The third-order valence-corrected chi connectivity index (χ3v) is 6.82. The van der Waals surface area contributed by atoms with E-state index in [-0.39, 0.29) is 11.3 Å². The number of aromatic nitrogens is 1. The van der Waals surface area contributed by atoms with Crippen LogP contribution in [-0.4, -0.2) is 31.3 Å². The van der Waals surface area contributed by atoms with Crippen LogP contribution in [0, 0.1) is 6.92 Å². The molecule has 0 radical (unpaired) electrons. The van der Waals surface area contributed by atoms with Gasteiger partial charge in [0.2, 0.25) is 0 Å². The fourth-order valence-corrected chi connectivity index (χ4v) is 5.05. The molecule has 0 amide bonds. The van der Waals surface area contributed by atoms with Crippen molar-refractivity contribution < 1.29 is 8.42 Å². The van der Waals surface area contributed by atoms with Crippen molar-refractivity contribution in [2.75, 3.05) is 12.3 Å². The number of nitrogens with one attached hydrogen (secondary N) is 1. The summed E-state index contributed by atoms with van der Waals surface area (Å²) >= 11 is 0. The maximum atomic E-state index is 12.9. The molecular weight excluding hydrogens is 348 g/mol. The van der Waals surface area contributed by atoms with Crippen molar-refractivity contribution in [2.24, 2.45) is 7.05 Å². The van der Waals surface area contributed by atoms with E-state index in [9.17, 15) is 13.2 Å².